The van der Waals surface area contributed by atoms with Crippen LogP contribution in [-0.4, -0.2) is 4.57 Å². The standard InChI is InChI=1S/C68H44N2O/c1-2-18-54-50(15-1)44-63(58-21-4-3-20-57(54)58)49-16-13-17-53(43-49)69(52-41-37-48(38-42-52)56-25-14-26-62-61-24-8-12-30-67(61)71-68(56)62)51-39-35-46(36-40-51)45-31-33-47(34-32-45)55-19-5-9-27-64(55)70-65-28-10-6-22-59(65)60-23-7-11-29-66(60)70/h1-44H. The number of benzene rings is 12. The molecule has 332 valence electrons. The number of fused-ring (bicyclic) bond motifs is 9. The van der Waals surface area contributed by atoms with Crippen LogP contribution in [0.15, 0.2) is 271 Å². The highest BCUT2D eigenvalue weighted by atomic mass is 16.3. The van der Waals surface area contributed by atoms with Gasteiger partial charge in [-0.2, -0.15) is 0 Å². The molecule has 0 spiro atoms. The van der Waals surface area contributed by atoms with Gasteiger partial charge in [0, 0.05) is 49.7 Å². The van der Waals surface area contributed by atoms with E-state index in [4.69, 9.17) is 4.42 Å². The highest BCUT2D eigenvalue weighted by molar-refractivity contribution is 6.14. The number of hydrogen-bond acceptors (Lipinski definition) is 2. The molecule has 2 heterocycles. The van der Waals surface area contributed by atoms with Gasteiger partial charge in [0.25, 0.3) is 0 Å². The van der Waals surface area contributed by atoms with E-state index in [9.17, 15) is 0 Å². The quantitative estimate of drug-likeness (QED) is 0.142. The third-order valence-electron chi connectivity index (χ3n) is 14.4. The van der Waals surface area contributed by atoms with Gasteiger partial charge in [-0.25, -0.2) is 0 Å². The van der Waals surface area contributed by atoms with Gasteiger partial charge >= 0.3 is 0 Å². The maximum atomic E-state index is 6.48. The number of rotatable bonds is 8. The maximum absolute atomic E-state index is 6.48. The van der Waals surface area contributed by atoms with Crippen LogP contribution in [0.2, 0.25) is 0 Å². The summed E-state index contributed by atoms with van der Waals surface area (Å²) in [6, 6.07) is 96.6. The van der Waals surface area contributed by atoms with Crippen molar-refractivity contribution >= 4 is 82.4 Å². The Morgan fingerprint density at radius 3 is 1.52 bits per heavy atom. The van der Waals surface area contributed by atoms with Crippen molar-refractivity contribution in [2.45, 2.75) is 0 Å². The summed E-state index contributed by atoms with van der Waals surface area (Å²) >= 11 is 0. The van der Waals surface area contributed by atoms with E-state index in [1.807, 2.05) is 12.1 Å². The molecular weight excluding hydrogens is 861 g/mol. The van der Waals surface area contributed by atoms with Gasteiger partial charge in [-0.15, -0.1) is 0 Å². The number of aromatic nitrogens is 1. The minimum atomic E-state index is 0.900. The molecule has 3 nitrogen and oxygen atoms in total. The van der Waals surface area contributed by atoms with Crippen molar-refractivity contribution in [1.82, 2.24) is 4.57 Å². The second kappa shape index (κ2) is 16.7. The Kier molecular flexibility index (Phi) is 9.53. The second-order valence-electron chi connectivity index (χ2n) is 18.4. The summed E-state index contributed by atoms with van der Waals surface area (Å²) in [6.45, 7) is 0. The molecule has 14 aromatic rings. The van der Waals surface area contributed by atoms with Gasteiger partial charge in [-0.1, -0.05) is 200 Å². The molecule has 0 bridgehead atoms. The number of anilines is 3. The summed E-state index contributed by atoms with van der Waals surface area (Å²) < 4.78 is 8.89. The molecule has 0 radical (unpaired) electrons. The van der Waals surface area contributed by atoms with Crippen molar-refractivity contribution in [2.75, 3.05) is 4.90 Å². The van der Waals surface area contributed by atoms with Crippen LogP contribution in [0.4, 0.5) is 17.1 Å². The van der Waals surface area contributed by atoms with Crippen LogP contribution >= 0.6 is 0 Å². The zero-order valence-corrected chi connectivity index (χ0v) is 38.7. The third kappa shape index (κ3) is 6.82. The first-order valence-corrected chi connectivity index (χ1v) is 24.3. The summed E-state index contributed by atoms with van der Waals surface area (Å²) in [7, 11) is 0. The minimum absolute atomic E-state index is 0.900. The Morgan fingerprint density at radius 1 is 0.282 bits per heavy atom. The normalized spacial score (nSPS) is 11.7. The average molecular weight is 905 g/mol. The van der Waals surface area contributed by atoms with Gasteiger partial charge in [0.15, 0.2) is 0 Å². The summed E-state index contributed by atoms with van der Waals surface area (Å²) in [6.07, 6.45) is 0. The second-order valence-corrected chi connectivity index (χ2v) is 18.4. The predicted octanol–water partition coefficient (Wildman–Crippen LogP) is 19.1. The first-order valence-electron chi connectivity index (χ1n) is 24.3. The molecule has 71 heavy (non-hydrogen) atoms. The van der Waals surface area contributed by atoms with Gasteiger partial charge in [-0.05, 0) is 122 Å². The van der Waals surface area contributed by atoms with E-state index < -0.39 is 0 Å². The lowest BCUT2D eigenvalue weighted by atomic mass is 9.93. The van der Waals surface area contributed by atoms with E-state index in [0.29, 0.717) is 0 Å². The smallest absolute Gasteiger partial charge is 0.143 e. The van der Waals surface area contributed by atoms with Gasteiger partial charge in [0.2, 0.25) is 0 Å². The van der Waals surface area contributed by atoms with E-state index >= 15 is 0 Å². The van der Waals surface area contributed by atoms with E-state index in [0.717, 1.165) is 61.3 Å². The van der Waals surface area contributed by atoms with E-state index in [1.165, 1.54) is 71.3 Å². The van der Waals surface area contributed by atoms with Crippen LogP contribution < -0.4 is 4.90 Å². The fourth-order valence-corrected chi connectivity index (χ4v) is 11.1. The van der Waals surface area contributed by atoms with Gasteiger partial charge in [0.05, 0.1) is 16.7 Å². The molecule has 0 atom stereocenters. The lowest BCUT2D eigenvalue weighted by Gasteiger charge is -2.26. The summed E-state index contributed by atoms with van der Waals surface area (Å²) in [4.78, 5) is 2.37. The summed E-state index contributed by atoms with van der Waals surface area (Å²) in [5.41, 5.74) is 17.8. The van der Waals surface area contributed by atoms with Crippen LogP contribution in [0.3, 0.4) is 0 Å². The molecule has 0 saturated carbocycles. The van der Waals surface area contributed by atoms with E-state index in [-0.39, 0.29) is 0 Å². The van der Waals surface area contributed by atoms with Crippen molar-refractivity contribution < 1.29 is 4.42 Å². The molecule has 0 aliphatic rings. The third-order valence-corrected chi connectivity index (χ3v) is 14.4. The van der Waals surface area contributed by atoms with Crippen LogP contribution in [0.1, 0.15) is 0 Å². The Labute approximate surface area is 411 Å². The lowest BCUT2D eigenvalue weighted by molar-refractivity contribution is 0.670. The fourth-order valence-electron chi connectivity index (χ4n) is 11.1. The van der Waals surface area contributed by atoms with Crippen molar-refractivity contribution in [2.24, 2.45) is 0 Å². The van der Waals surface area contributed by atoms with Gasteiger partial charge in [0.1, 0.15) is 11.2 Å². The average Bonchev–Trinajstić information content (AvgIpc) is 4.00. The van der Waals surface area contributed by atoms with Crippen LogP contribution in [-0.2, 0) is 0 Å². The molecule has 0 fully saturated rings. The summed E-state index contributed by atoms with van der Waals surface area (Å²) in [5, 5.41) is 9.77. The van der Waals surface area contributed by atoms with Crippen molar-refractivity contribution in [1.29, 1.82) is 0 Å². The van der Waals surface area contributed by atoms with Crippen LogP contribution in [0, 0.1) is 0 Å². The molecule has 0 unspecified atom stereocenters. The predicted molar refractivity (Wildman–Crippen MR) is 299 cm³/mol. The highest BCUT2D eigenvalue weighted by Gasteiger charge is 2.19. The number of hydrogen-bond donors (Lipinski definition) is 0. The molecule has 0 N–H and O–H groups in total. The Balaban J connectivity index is 0.845. The molecule has 0 aliphatic heterocycles. The molecule has 0 aliphatic carbocycles. The largest absolute Gasteiger partial charge is 0.455 e. The molecule has 2 aromatic heterocycles. The first kappa shape index (κ1) is 40.6. The topological polar surface area (TPSA) is 21.3 Å². The van der Waals surface area contributed by atoms with Gasteiger partial charge < -0.3 is 13.9 Å². The van der Waals surface area contributed by atoms with E-state index in [2.05, 4.69) is 264 Å². The van der Waals surface area contributed by atoms with Crippen molar-refractivity contribution in [3.63, 3.8) is 0 Å². The van der Waals surface area contributed by atoms with Gasteiger partial charge in [-0.3, -0.25) is 0 Å². The molecule has 14 rings (SSSR count). The number of para-hydroxylation sites is 5. The molecule has 12 aromatic carbocycles. The minimum Gasteiger partial charge on any atom is -0.455 e. The highest BCUT2D eigenvalue weighted by Crippen LogP contribution is 2.43. The van der Waals surface area contributed by atoms with Crippen LogP contribution in [0.5, 0.6) is 0 Å². The molecule has 3 heteroatoms. The first-order chi connectivity index (χ1) is 35.2. The fraction of sp³-hybridized carbons (Fsp3) is 0. The Morgan fingerprint density at radius 2 is 0.789 bits per heavy atom. The molecular formula is C68H44N2O. The van der Waals surface area contributed by atoms with Crippen molar-refractivity contribution in [3.8, 4) is 50.2 Å². The zero-order valence-electron chi connectivity index (χ0n) is 38.7. The number of furan rings is 1. The maximum Gasteiger partial charge on any atom is 0.143 e. The monoisotopic (exact) mass is 904 g/mol. The van der Waals surface area contributed by atoms with Crippen LogP contribution in [0.25, 0.3) is 115 Å². The van der Waals surface area contributed by atoms with E-state index in [1.54, 1.807) is 0 Å². The Hall–Kier alpha value is -9.44. The lowest BCUT2D eigenvalue weighted by Crippen LogP contribution is -2.10. The SMILES string of the molecule is c1cc(-c2cc3ccccc3c3ccccc23)cc(N(c2ccc(-c3ccc(-c4ccccc4-n4c5ccccc5c5ccccc54)cc3)cc2)c2ccc(-c3cccc4c3oc3ccccc34)cc2)c1. The molecule has 0 amide bonds. The molecule has 0 saturated heterocycles. The van der Waals surface area contributed by atoms with Crippen molar-refractivity contribution in [3.05, 3.63) is 267 Å². The Bertz CT molecular complexity index is 4280. The zero-order chi connectivity index (χ0) is 46.8. The number of nitrogens with zero attached hydrogens (tertiary/aromatic N) is 2. The summed E-state index contributed by atoms with van der Waals surface area (Å²) in [5.74, 6) is 0.